The number of nitriles is 1. The van der Waals surface area contributed by atoms with Crippen LogP contribution in [-0.4, -0.2) is 20.0 Å². The maximum atomic E-state index is 13.6. The zero-order valence-electron chi connectivity index (χ0n) is 15.5. The van der Waals surface area contributed by atoms with E-state index in [1.807, 2.05) is 0 Å². The van der Waals surface area contributed by atoms with Crippen molar-refractivity contribution in [2.24, 2.45) is 0 Å². The van der Waals surface area contributed by atoms with Crippen LogP contribution in [0.4, 0.5) is 18.0 Å². The average Bonchev–Trinajstić information content (AvgIpc) is 3.03. The Hall–Kier alpha value is -3.12. The lowest BCUT2D eigenvalue weighted by molar-refractivity contribution is -0.137. The van der Waals surface area contributed by atoms with Crippen molar-refractivity contribution in [3.8, 4) is 17.3 Å². The molecule has 0 saturated heterocycles. The standard InChI is InChI=1S/C20H15F3N4OS/c1-12-8-13(2)27(26-12)19(28)29-11-18-15(10-24)16(20(21,22)23)9-17(25-18)14-6-4-3-5-7-14/h3-9H,11H2,1-2H3. The predicted molar refractivity (Wildman–Crippen MR) is 103 cm³/mol. The summed E-state index contributed by atoms with van der Waals surface area (Å²) in [6.07, 6.45) is -4.73. The van der Waals surface area contributed by atoms with Crippen LogP contribution in [0.5, 0.6) is 0 Å². The second kappa shape index (κ2) is 8.09. The maximum Gasteiger partial charge on any atom is 0.417 e. The molecule has 0 saturated carbocycles. The van der Waals surface area contributed by atoms with Gasteiger partial charge in [-0.2, -0.15) is 28.2 Å². The highest BCUT2D eigenvalue weighted by molar-refractivity contribution is 8.12. The molecule has 0 bridgehead atoms. The summed E-state index contributed by atoms with van der Waals surface area (Å²) in [5.41, 5.74) is 0.0971. The molecule has 2 heterocycles. The molecule has 29 heavy (non-hydrogen) atoms. The number of nitrogens with zero attached hydrogens (tertiary/aromatic N) is 4. The van der Waals surface area contributed by atoms with Crippen LogP contribution >= 0.6 is 11.8 Å². The molecule has 0 fully saturated rings. The first-order valence-electron chi connectivity index (χ1n) is 8.47. The minimum absolute atomic E-state index is 0.0890. The van der Waals surface area contributed by atoms with Gasteiger partial charge in [-0.3, -0.25) is 9.78 Å². The lowest BCUT2D eigenvalue weighted by atomic mass is 10.0. The summed E-state index contributed by atoms with van der Waals surface area (Å²) in [5.74, 6) is -0.191. The Morgan fingerprint density at radius 3 is 2.45 bits per heavy atom. The fourth-order valence-electron chi connectivity index (χ4n) is 2.81. The largest absolute Gasteiger partial charge is 0.417 e. The lowest BCUT2D eigenvalue weighted by Crippen LogP contribution is -2.13. The number of benzene rings is 1. The number of hydrogen-bond acceptors (Lipinski definition) is 5. The third-order valence-electron chi connectivity index (χ3n) is 4.10. The van der Waals surface area contributed by atoms with E-state index in [-0.39, 0.29) is 17.1 Å². The van der Waals surface area contributed by atoms with Crippen molar-refractivity contribution < 1.29 is 18.0 Å². The molecule has 5 nitrogen and oxygen atoms in total. The zero-order chi connectivity index (χ0) is 21.2. The molecule has 0 radical (unpaired) electrons. The van der Waals surface area contributed by atoms with Crippen LogP contribution in [0.25, 0.3) is 11.3 Å². The number of pyridine rings is 1. The first-order chi connectivity index (χ1) is 13.7. The molecule has 0 amide bonds. The van der Waals surface area contributed by atoms with Crippen LogP contribution in [0, 0.1) is 25.2 Å². The Balaban J connectivity index is 2.01. The van der Waals surface area contributed by atoms with Crippen molar-refractivity contribution in [2.75, 3.05) is 0 Å². The second-order valence-electron chi connectivity index (χ2n) is 6.25. The van der Waals surface area contributed by atoms with Gasteiger partial charge in [0.15, 0.2) is 0 Å². The second-order valence-corrected chi connectivity index (χ2v) is 7.17. The van der Waals surface area contributed by atoms with Gasteiger partial charge in [0.2, 0.25) is 0 Å². The topological polar surface area (TPSA) is 71.6 Å². The molecule has 0 aliphatic carbocycles. The fourth-order valence-corrected chi connectivity index (χ4v) is 3.59. The SMILES string of the molecule is Cc1cc(C)n(C(=O)SCc2nc(-c3ccccc3)cc(C(F)(F)F)c2C#N)n1. The van der Waals surface area contributed by atoms with E-state index in [1.54, 1.807) is 56.3 Å². The number of carbonyl (C=O) groups is 1. The number of aromatic nitrogens is 3. The van der Waals surface area contributed by atoms with Gasteiger partial charge in [-0.25, -0.2) is 0 Å². The van der Waals surface area contributed by atoms with Crippen LogP contribution in [0.15, 0.2) is 42.5 Å². The normalized spacial score (nSPS) is 11.3. The van der Waals surface area contributed by atoms with Crippen molar-refractivity contribution >= 4 is 17.0 Å². The highest BCUT2D eigenvalue weighted by atomic mass is 32.2. The highest BCUT2D eigenvalue weighted by Gasteiger charge is 2.36. The van der Waals surface area contributed by atoms with Gasteiger partial charge in [0.25, 0.3) is 0 Å². The van der Waals surface area contributed by atoms with Crippen LogP contribution in [-0.2, 0) is 11.9 Å². The number of thioether (sulfide) groups is 1. The number of halogens is 3. The molecule has 3 rings (SSSR count). The van der Waals surface area contributed by atoms with E-state index in [0.717, 1.165) is 17.8 Å². The van der Waals surface area contributed by atoms with E-state index in [0.29, 0.717) is 17.0 Å². The monoisotopic (exact) mass is 416 g/mol. The summed E-state index contributed by atoms with van der Waals surface area (Å²) in [6, 6.07) is 12.6. The maximum absolute atomic E-state index is 13.6. The molecule has 3 aromatic rings. The molecule has 0 spiro atoms. The van der Waals surface area contributed by atoms with Crippen LogP contribution < -0.4 is 0 Å². The Morgan fingerprint density at radius 1 is 1.21 bits per heavy atom. The van der Waals surface area contributed by atoms with Crippen LogP contribution in [0.2, 0.25) is 0 Å². The van der Waals surface area contributed by atoms with Gasteiger partial charge >= 0.3 is 11.4 Å². The smallest absolute Gasteiger partial charge is 0.259 e. The summed E-state index contributed by atoms with van der Waals surface area (Å²) in [5, 5.41) is 13.0. The Labute approximate surface area is 169 Å². The molecule has 0 N–H and O–H groups in total. The van der Waals surface area contributed by atoms with E-state index < -0.39 is 22.5 Å². The lowest BCUT2D eigenvalue weighted by Gasteiger charge is -2.14. The Bertz CT molecular complexity index is 1100. The summed E-state index contributed by atoms with van der Waals surface area (Å²) in [4.78, 5) is 16.7. The molecule has 0 unspecified atom stereocenters. The molecular formula is C20H15F3N4OS. The van der Waals surface area contributed by atoms with Crippen molar-refractivity contribution in [1.82, 2.24) is 14.8 Å². The van der Waals surface area contributed by atoms with Crippen molar-refractivity contribution in [3.63, 3.8) is 0 Å². The molecule has 1 aromatic carbocycles. The quantitative estimate of drug-likeness (QED) is 0.575. The van der Waals surface area contributed by atoms with Crippen molar-refractivity contribution in [2.45, 2.75) is 25.8 Å². The number of rotatable bonds is 3. The van der Waals surface area contributed by atoms with Gasteiger partial charge < -0.3 is 0 Å². The minimum atomic E-state index is -4.73. The predicted octanol–water partition coefficient (Wildman–Crippen LogP) is 5.35. The molecule has 0 aliphatic heterocycles. The molecule has 0 atom stereocenters. The number of alkyl halides is 3. The van der Waals surface area contributed by atoms with Gasteiger partial charge in [-0.05, 0) is 26.0 Å². The van der Waals surface area contributed by atoms with Gasteiger partial charge in [0.1, 0.15) is 6.07 Å². The van der Waals surface area contributed by atoms with Crippen LogP contribution in [0.3, 0.4) is 0 Å². The average molecular weight is 416 g/mol. The zero-order valence-corrected chi connectivity index (χ0v) is 16.3. The third-order valence-corrected chi connectivity index (χ3v) is 4.93. The molecular weight excluding hydrogens is 401 g/mol. The van der Waals surface area contributed by atoms with Gasteiger partial charge in [0, 0.05) is 17.0 Å². The van der Waals surface area contributed by atoms with Crippen molar-refractivity contribution in [1.29, 1.82) is 5.26 Å². The Morgan fingerprint density at radius 2 is 1.90 bits per heavy atom. The molecule has 0 aliphatic rings. The van der Waals surface area contributed by atoms with Gasteiger partial charge in [-0.1, -0.05) is 42.1 Å². The first-order valence-corrected chi connectivity index (χ1v) is 9.46. The van der Waals surface area contributed by atoms with E-state index in [2.05, 4.69) is 10.1 Å². The molecule has 9 heteroatoms. The van der Waals surface area contributed by atoms with Gasteiger partial charge in [0.05, 0.1) is 28.2 Å². The van der Waals surface area contributed by atoms with Crippen LogP contribution in [0.1, 0.15) is 28.2 Å². The third kappa shape index (κ3) is 4.49. The Kier molecular flexibility index (Phi) is 5.75. The summed E-state index contributed by atoms with van der Waals surface area (Å²) >= 11 is 0.743. The molecule has 148 valence electrons. The highest BCUT2D eigenvalue weighted by Crippen LogP contribution is 2.36. The van der Waals surface area contributed by atoms with E-state index in [4.69, 9.17) is 0 Å². The summed E-state index contributed by atoms with van der Waals surface area (Å²) in [7, 11) is 0. The van der Waals surface area contributed by atoms with Gasteiger partial charge in [-0.15, -0.1) is 0 Å². The summed E-state index contributed by atoms with van der Waals surface area (Å²) in [6.45, 7) is 3.44. The summed E-state index contributed by atoms with van der Waals surface area (Å²) < 4.78 is 41.9. The number of carbonyl (C=O) groups excluding carboxylic acids is 1. The first kappa shape index (κ1) is 20.6. The number of hydrogen-bond donors (Lipinski definition) is 0. The molecule has 2 aromatic heterocycles. The van der Waals surface area contributed by atoms with E-state index in [9.17, 15) is 23.2 Å². The van der Waals surface area contributed by atoms with Crippen molar-refractivity contribution in [3.05, 3.63) is 70.7 Å². The fraction of sp³-hybridized carbons (Fsp3) is 0.200. The van der Waals surface area contributed by atoms with E-state index in [1.165, 1.54) is 4.68 Å². The van der Waals surface area contributed by atoms with E-state index >= 15 is 0 Å². The minimum Gasteiger partial charge on any atom is -0.259 e. The number of aryl methyl sites for hydroxylation is 2.